The van der Waals surface area contributed by atoms with Gasteiger partial charge in [0.2, 0.25) is 0 Å². The van der Waals surface area contributed by atoms with Crippen molar-refractivity contribution < 1.29 is 9.53 Å². The molecule has 1 aliphatic heterocycles. The summed E-state index contributed by atoms with van der Waals surface area (Å²) in [6, 6.07) is 7.94. The molecule has 0 radical (unpaired) electrons. The van der Waals surface area contributed by atoms with Crippen LogP contribution in [0.3, 0.4) is 0 Å². The van der Waals surface area contributed by atoms with E-state index in [9.17, 15) is 4.79 Å². The molecule has 0 bridgehead atoms. The summed E-state index contributed by atoms with van der Waals surface area (Å²) in [5.74, 6) is 0.836. The lowest BCUT2D eigenvalue weighted by molar-refractivity contribution is 0.112. The summed E-state index contributed by atoms with van der Waals surface area (Å²) in [4.78, 5) is 13.0. The highest BCUT2D eigenvalue weighted by Gasteiger charge is 2.19. The Hall–Kier alpha value is -1.35. The zero-order chi connectivity index (χ0) is 12.1. The number of carbonyl (C=O) groups is 1. The maximum absolute atomic E-state index is 10.5. The fourth-order valence-corrected chi connectivity index (χ4v) is 2.25. The third-order valence-electron chi connectivity index (χ3n) is 3.35. The molecule has 1 atom stereocenters. The van der Waals surface area contributed by atoms with Gasteiger partial charge >= 0.3 is 0 Å². The van der Waals surface area contributed by atoms with Crippen molar-refractivity contribution in [2.45, 2.75) is 25.8 Å². The molecule has 0 N–H and O–H groups in total. The number of ether oxygens (including phenoxy) is 1. The van der Waals surface area contributed by atoms with Gasteiger partial charge in [-0.3, -0.25) is 9.69 Å². The van der Waals surface area contributed by atoms with Gasteiger partial charge in [-0.2, -0.15) is 0 Å². The first-order valence-corrected chi connectivity index (χ1v) is 6.21. The van der Waals surface area contributed by atoms with Crippen LogP contribution < -0.4 is 4.74 Å². The van der Waals surface area contributed by atoms with E-state index >= 15 is 0 Å². The molecule has 2 rings (SSSR count). The van der Waals surface area contributed by atoms with Crippen molar-refractivity contribution >= 4 is 6.29 Å². The lowest BCUT2D eigenvalue weighted by atomic mass is 10.2. The number of rotatable bonds is 5. The Morgan fingerprint density at radius 2 is 2.18 bits per heavy atom. The molecule has 1 heterocycles. The predicted molar refractivity (Wildman–Crippen MR) is 67.6 cm³/mol. The summed E-state index contributed by atoms with van der Waals surface area (Å²) in [7, 11) is 0. The van der Waals surface area contributed by atoms with Gasteiger partial charge in [0.05, 0.1) is 0 Å². The van der Waals surface area contributed by atoms with E-state index in [4.69, 9.17) is 4.74 Å². The van der Waals surface area contributed by atoms with Crippen LogP contribution in [0.25, 0.3) is 0 Å². The van der Waals surface area contributed by atoms with E-state index in [1.165, 1.54) is 19.4 Å². The van der Waals surface area contributed by atoms with Gasteiger partial charge in [0.25, 0.3) is 0 Å². The lowest BCUT2D eigenvalue weighted by Gasteiger charge is -2.20. The molecule has 17 heavy (non-hydrogen) atoms. The molecule has 3 heteroatoms. The molecule has 0 aromatic heterocycles. The fourth-order valence-electron chi connectivity index (χ4n) is 2.25. The van der Waals surface area contributed by atoms with E-state index in [0.29, 0.717) is 18.2 Å². The molecule has 1 saturated heterocycles. The minimum absolute atomic E-state index is 0.686. The Bertz CT molecular complexity index is 361. The summed E-state index contributed by atoms with van der Waals surface area (Å²) >= 11 is 0. The molecular weight excluding hydrogens is 214 g/mol. The van der Waals surface area contributed by atoms with Crippen molar-refractivity contribution in [2.24, 2.45) is 0 Å². The summed E-state index contributed by atoms with van der Waals surface area (Å²) in [5, 5.41) is 0. The Morgan fingerprint density at radius 1 is 1.41 bits per heavy atom. The number of hydrogen-bond acceptors (Lipinski definition) is 3. The van der Waals surface area contributed by atoms with Crippen LogP contribution in [0.2, 0.25) is 0 Å². The van der Waals surface area contributed by atoms with Crippen LogP contribution in [0.15, 0.2) is 24.3 Å². The average molecular weight is 233 g/mol. The van der Waals surface area contributed by atoms with Crippen LogP contribution in [-0.2, 0) is 0 Å². The molecule has 1 aromatic rings. The highest BCUT2D eigenvalue weighted by Crippen LogP contribution is 2.16. The summed E-state index contributed by atoms with van der Waals surface area (Å²) in [6.45, 7) is 5.15. The quantitative estimate of drug-likeness (QED) is 0.731. The standard InChI is InChI=1S/C14H19NO2/c1-12-3-2-8-15(12)9-10-17-14-6-4-13(11-16)5-7-14/h4-7,11-12H,2-3,8-10H2,1H3/t12-/m0/s1. The summed E-state index contributed by atoms with van der Waals surface area (Å²) in [5.41, 5.74) is 0.686. The zero-order valence-corrected chi connectivity index (χ0v) is 10.3. The van der Waals surface area contributed by atoms with Crippen LogP contribution >= 0.6 is 0 Å². The molecule has 0 unspecified atom stereocenters. The molecule has 1 aliphatic rings. The highest BCUT2D eigenvalue weighted by atomic mass is 16.5. The molecule has 0 spiro atoms. The second-order valence-electron chi connectivity index (χ2n) is 4.56. The van der Waals surface area contributed by atoms with E-state index in [1.54, 1.807) is 12.1 Å². The van der Waals surface area contributed by atoms with Gasteiger partial charge in [-0.05, 0) is 50.6 Å². The topological polar surface area (TPSA) is 29.5 Å². The molecule has 92 valence electrons. The molecular formula is C14H19NO2. The maximum atomic E-state index is 10.5. The minimum Gasteiger partial charge on any atom is -0.492 e. The Kier molecular flexibility index (Phi) is 4.15. The van der Waals surface area contributed by atoms with E-state index in [-0.39, 0.29) is 0 Å². The van der Waals surface area contributed by atoms with Crippen LogP contribution in [-0.4, -0.2) is 36.9 Å². The van der Waals surface area contributed by atoms with Crippen molar-refractivity contribution in [3.05, 3.63) is 29.8 Å². The van der Waals surface area contributed by atoms with Gasteiger partial charge in [0.1, 0.15) is 18.6 Å². The molecule has 0 amide bonds. The van der Waals surface area contributed by atoms with Gasteiger partial charge < -0.3 is 4.74 Å². The van der Waals surface area contributed by atoms with Crippen LogP contribution in [0, 0.1) is 0 Å². The zero-order valence-electron chi connectivity index (χ0n) is 10.3. The number of likely N-dealkylation sites (tertiary alicyclic amines) is 1. The molecule has 0 saturated carbocycles. The van der Waals surface area contributed by atoms with Crippen LogP contribution in [0.4, 0.5) is 0 Å². The van der Waals surface area contributed by atoms with E-state index in [1.807, 2.05) is 12.1 Å². The van der Waals surface area contributed by atoms with Crippen molar-refractivity contribution in [3.8, 4) is 5.75 Å². The van der Waals surface area contributed by atoms with Crippen LogP contribution in [0.5, 0.6) is 5.75 Å². The van der Waals surface area contributed by atoms with E-state index < -0.39 is 0 Å². The first-order chi connectivity index (χ1) is 8.29. The smallest absolute Gasteiger partial charge is 0.150 e. The van der Waals surface area contributed by atoms with E-state index in [2.05, 4.69) is 11.8 Å². The van der Waals surface area contributed by atoms with Crippen molar-refractivity contribution in [1.82, 2.24) is 4.90 Å². The van der Waals surface area contributed by atoms with Gasteiger partial charge in [0.15, 0.2) is 0 Å². The normalized spacial score (nSPS) is 20.4. The Balaban J connectivity index is 1.75. The SMILES string of the molecule is C[C@H]1CCCN1CCOc1ccc(C=O)cc1. The van der Waals surface area contributed by atoms with E-state index in [0.717, 1.165) is 18.6 Å². The minimum atomic E-state index is 0.686. The Morgan fingerprint density at radius 3 is 2.76 bits per heavy atom. The lowest BCUT2D eigenvalue weighted by Crippen LogP contribution is -2.31. The van der Waals surface area contributed by atoms with Gasteiger partial charge in [-0.1, -0.05) is 0 Å². The maximum Gasteiger partial charge on any atom is 0.150 e. The molecule has 3 nitrogen and oxygen atoms in total. The summed E-state index contributed by atoms with van der Waals surface area (Å²) in [6.07, 6.45) is 3.44. The first-order valence-electron chi connectivity index (χ1n) is 6.21. The number of carbonyl (C=O) groups excluding carboxylic acids is 1. The van der Waals surface area contributed by atoms with Gasteiger partial charge in [-0.15, -0.1) is 0 Å². The highest BCUT2D eigenvalue weighted by molar-refractivity contribution is 5.74. The molecule has 1 fully saturated rings. The number of hydrogen-bond donors (Lipinski definition) is 0. The van der Waals surface area contributed by atoms with Crippen LogP contribution in [0.1, 0.15) is 30.1 Å². The third kappa shape index (κ3) is 3.30. The average Bonchev–Trinajstić information content (AvgIpc) is 2.76. The van der Waals surface area contributed by atoms with Gasteiger partial charge in [-0.25, -0.2) is 0 Å². The van der Waals surface area contributed by atoms with Crippen molar-refractivity contribution in [1.29, 1.82) is 0 Å². The second kappa shape index (κ2) is 5.82. The second-order valence-corrected chi connectivity index (χ2v) is 4.56. The first kappa shape index (κ1) is 12.1. The van der Waals surface area contributed by atoms with Crippen molar-refractivity contribution in [3.63, 3.8) is 0 Å². The Labute approximate surface area is 102 Å². The monoisotopic (exact) mass is 233 g/mol. The predicted octanol–water partition coefficient (Wildman–Crippen LogP) is 2.36. The third-order valence-corrected chi connectivity index (χ3v) is 3.35. The van der Waals surface area contributed by atoms with Gasteiger partial charge in [0, 0.05) is 18.2 Å². The summed E-state index contributed by atoms with van der Waals surface area (Å²) < 4.78 is 5.66. The number of nitrogens with zero attached hydrogens (tertiary/aromatic N) is 1. The fraction of sp³-hybridized carbons (Fsp3) is 0.500. The largest absolute Gasteiger partial charge is 0.492 e. The molecule has 0 aliphatic carbocycles. The molecule has 1 aromatic carbocycles. The number of benzene rings is 1. The van der Waals surface area contributed by atoms with Crippen molar-refractivity contribution in [2.75, 3.05) is 19.7 Å². The number of aldehydes is 1.